The summed E-state index contributed by atoms with van der Waals surface area (Å²) in [6, 6.07) is 8.47. The summed E-state index contributed by atoms with van der Waals surface area (Å²) >= 11 is 0. The van der Waals surface area contributed by atoms with Crippen LogP contribution in [0.5, 0.6) is 0 Å². The number of non-ortho nitro benzene ring substituents is 1. The van der Waals surface area contributed by atoms with Crippen LogP contribution in [0.2, 0.25) is 0 Å². The van der Waals surface area contributed by atoms with Gasteiger partial charge >= 0.3 is 0 Å². The number of fused-ring (bicyclic) bond motifs is 1. The van der Waals surface area contributed by atoms with Crippen molar-refractivity contribution in [1.29, 1.82) is 0 Å². The van der Waals surface area contributed by atoms with Crippen LogP contribution in [0.15, 0.2) is 30.3 Å². The van der Waals surface area contributed by atoms with Crippen LogP contribution in [-0.4, -0.2) is 16.5 Å². The highest BCUT2D eigenvalue weighted by atomic mass is 16.6. The maximum Gasteiger partial charge on any atom is 0.270 e. The second-order valence-electron chi connectivity index (χ2n) is 5.18. The molecule has 0 spiro atoms. The molecule has 0 saturated heterocycles. The van der Waals surface area contributed by atoms with Crippen molar-refractivity contribution in [3.8, 4) is 0 Å². The van der Waals surface area contributed by atoms with E-state index in [-0.39, 0.29) is 10.6 Å². The predicted molar refractivity (Wildman–Crippen MR) is 74.2 cm³/mol. The number of aromatic nitrogens is 1. The highest BCUT2D eigenvalue weighted by molar-refractivity contribution is 5.82. The second-order valence-corrected chi connectivity index (χ2v) is 5.18. The second kappa shape index (κ2) is 4.50. The lowest BCUT2D eigenvalue weighted by atomic mass is 10.2. The zero-order valence-corrected chi connectivity index (χ0v) is 10.7. The first-order valence-electron chi connectivity index (χ1n) is 6.42. The molecule has 2 aromatic rings. The maximum atomic E-state index is 10.7. The molecule has 1 saturated carbocycles. The number of pyridine rings is 1. The molecule has 2 atom stereocenters. The van der Waals surface area contributed by atoms with E-state index < -0.39 is 0 Å². The van der Waals surface area contributed by atoms with Crippen molar-refractivity contribution in [3.05, 3.63) is 40.4 Å². The fourth-order valence-electron chi connectivity index (χ4n) is 2.24. The Hall–Kier alpha value is -2.17. The van der Waals surface area contributed by atoms with Gasteiger partial charge in [-0.3, -0.25) is 10.1 Å². The molecule has 0 aliphatic heterocycles. The number of nitrogens with zero attached hydrogens (tertiary/aromatic N) is 2. The van der Waals surface area contributed by atoms with E-state index in [1.54, 1.807) is 12.1 Å². The monoisotopic (exact) mass is 257 g/mol. The van der Waals surface area contributed by atoms with Crippen LogP contribution in [0.25, 0.3) is 10.9 Å². The molecule has 0 bridgehead atoms. The number of anilines is 1. The molecule has 98 valence electrons. The number of benzene rings is 1. The van der Waals surface area contributed by atoms with Gasteiger partial charge in [-0.2, -0.15) is 0 Å². The van der Waals surface area contributed by atoms with Crippen molar-refractivity contribution in [2.45, 2.75) is 13.3 Å². The molecular weight excluding hydrogens is 242 g/mol. The molecule has 1 aliphatic rings. The van der Waals surface area contributed by atoms with E-state index in [4.69, 9.17) is 0 Å². The molecule has 19 heavy (non-hydrogen) atoms. The molecule has 1 N–H and O–H groups in total. The summed E-state index contributed by atoms with van der Waals surface area (Å²) in [5.74, 6) is 2.41. The maximum absolute atomic E-state index is 10.7. The zero-order valence-electron chi connectivity index (χ0n) is 10.7. The van der Waals surface area contributed by atoms with Gasteiger partial charge in [-0.25, -0.2) is 4.98 Å². The Bertz CT molecular complexity index is 642. The van der Waals surface area contributed by atoms with Crippen LogP contribution in [0.3, 0.4) is 0 Å². The van der Waals surface area contributed by atoms with Crippen LogP contribution in [0, 0.1) is 22.0 Å². The summed E-state index contributed by atoms with van der Waals surface area (Å²) in [5, 5.41) is 14.8. The zero-order chi connectivity index (χ0) is 13.4. The topological polar surface area (TPSA) is 68.1 Å². The molecule has 1 aliphatic carbocycles. The van der Waals surface area contributed by atoms with Crippen LogP contribution in [-0.2, 0) is 0 Å². The van der Waals surface area contributed by atoms with Gasteiger partial charge < -0.3 is 5.32 Å². The van der Waals surface area contributed by atoms with Crippen molar-refractivity contribution >= 4 is 22.4 Å². The minimum absolute atomic E-state index is 0.0989. The SMILES string of the molecule is CC1CC1CNc1ccc2cc([N+](=O)[O-])ccc2n1. The minimum Gasteiger partial charge on any atom is -0.370 e. The van der Waals surface area contributed by atoms with E-state index in [9.17, 15) is 10.1 Å². The van der Waals surface area contributed by atoms with Gasteiger partial charge in [0.15, 0.2) is 0 Å². The lowest BCUT2D eigenvalue weighted by molar-refractivity contribution is -0.384. The van der Waals surface area contributed by atoms with Crippen molar-refractivity contribution < 1.29 is 4.92 Å². The van der Waals surface area contributed by atoms with Crippen LogP contribution in [0.4, 0.5) is 11.5 Å². The predicted octanol–water partition coefficient (Wildman–Crippen LogP) is 3.21. The number of rotatable bonds is 4. The van der Waals surface area contributed by atoms with Gasteiger partial charge in [0.25, 0.3) is 5.69 Å². The average molecular weight is 257 g/mol. The van der Waals surface area contributed by atoms with Gasteiger partial charge in [-0.1, -0.05) is 6.92 Å². The molecular formula is C14H15N3O2. The lowest BCUT2D eigenvalue weighted by Gasteiger charge is -2.06. The third-order valence-corrected chi connectivity index (χ3v) is 3.71. The van der Waals surface area contributed by atoms with Gasteiger partial charge in [0.05, 0.1) is 10.4 Å². The molecule has 1 fully saturated rings. The number of hydrogen-bond acceptors (Lipinski definition) is 4. The summed E-state index contributed by atoms with van der Waals surface area (Å²) in [4.78, 5) is 14.8. The molecule has 2 unspecified atom stereocenters. The Labute approximate surface area is 110 Å². The van der Waals surface area contributed by atoms with Gasteiger partial charge in [-0.15, -0.1) is 0 Å². The first-order valence-corrected chi connectivity index (χ1v) is 6.42. The molecule has 3 rings (SSSR count). The molecule has 1 heterocycles. The van der Waals surface area contributed by atoms with Crippen LogP contribution in [0.1, 0.15) is 13.3 Å². The van der Waals surface area contributed by atoms with Crippen molar-refractivity contribution in [2.24, 2.45) is 11.8 Å². The molecule has 5 heteroatoms. The van der Waals surface area contributed by atoms with E-state index >= 15 is 0 Å². The lowest BCUT2D eigenvalue weighted by Crippen LogP contribution is -2.05. The Morgan fingerprint density at radius 3 is 2.89 bits per heavy atom. The van der Waals surface area contributed by atoms with E-state index in [1.807, 2.05) is 12.1 Å². The van der Waals surface area contributed by atoms with Crippen molar-refractivity contribution in [1.82, 2.24) is 4.98 Å². The normalized spacial score (nSPS) is 21.3. The third-order valence-electron chi connectivity index (χ3n) is 3.71. The minimum atomic E-state index is -0.389. The highest BCUT2D eigenvalue weighted by Crippen LogP contribution is 2.37. The van der Waals surface area contributed by atoms with E-state index in [2.05, 4.69) is 17.2 Å². The fourth-order valence-corrected chi connectivity index (χ4v) is 2.24. The number of nitro groups is 1. The van der Waals surface area contributed by atoms with Crippen molar-refractivity contribution in [2.75, 3.05) is 11.9 Å². The average Bonchev–Trinajstić information content (AvgIpc) is 3.11. The molecule has 1 aromatic heterocycles. The van der Waals surface area contributed by atoms with Gasteiger partial charge in [0.2, 0.25) is 0 Å². The number of nitrogens with one attached hydrogen (secondary N) is 1. The Kier molecular flexibility index (Phi) is 2.81. The Morgan fingerprint density at radius 1 is 1.42 bits per heavy atom. The standard InChI is InChI=1S/C14H15N3O2/c1-9-6-11(9)8-15-14-5-2-10-7-12(17(18)19)3-4-13(10)16-14/h2-5,7,9,11H,6,8H2,1H3,(H,15,16). The Balaban J connectivity index is 1.80. The number of hydrogen-bond donors (Lipinski definition) is 1. The first kappa shape index (κ1) is 11.9. The molecule has 0 amide bonds. The van der Waals surface area contributed by atoms with E-state index in [0.29, 0.717) is 0 Å². The number of nitro benzene ring substituents is 1. The Morgan fingerprint density at radius 2 is 2.21 bits per heavy atom. The smallest absolute Gasteiger partial charge is 0.270 e. The summed E-state index contributed by atoms with van der Waals surface area (Å²) < 4.78 is 0. The van der Waals surface area contributed by atoms with E-state index in [1.165, 1.54) is 12.5 Å². The summed E-state index contributed by atoms with van der Waals surface area (Å²) in [6.07, 6.45) is 1.28. The quantitative estimate of drug-likeness (QED) is 0.674. The third kappa shape index (κ3) is 2.50. The van der Waals surface area contributed by atoms with Crippen LogP contribution < -0.4 is 5.32 Å². The van der Waals surface area contributed by atoms with E-state index in [0.717, 1.165) is 35.1 Å². The van der Waals surface area contributed by atoms with Gasteiger partial charge in [-0.05, 0) is 36.5 Å². The fraction of sp³-hybridized carbons (Fsp3) is 0.357. The largest absolute Gasteiger partial charge is 0.370 e. The molecule has 1 aromatic carbocycles. The molecule has 5 nitrogen and oxygen atoms in total. The first-order chi connectivity index (χ1) is 9.13. The van der Waals surface area contributed by atoms with Crippen molar-refractivity contribution in [3.63, 3.8) is 0 Å². The van der Waals surface area contributed by atoms with Crippen LogP contribution >= 0.6 is 0 Å². The summed E-state index contributed by atoms with van der Waals surface area (Å²) in [7, 11) is 0. The highest BCUT2D eigenvalue weighted by Gasteiger charge is 2.31. The van der Waals surface area contributed by atoms with Gasteiger partial charge in [0.1, 0.15) is 5.82 Å². The molecule has 0 radical (unpaired) electrons. The van der Waals surface area contributed by atoms with Gasteiger partial charge in [0, 0.05) is 24.1 Å². The summed E-state index contributed by atoms with van der Waals surface area (Å²) in [6.45, 7) is 3.20. The summed E-state index contributed by atoms with van der Waals surface area (Å²) in [5.41, 5.74) is 0.876.